The van der Waals surface area contributed by atoms with Crippen molar-refractivity contribution in [3.63, 3.8) is 0 Å². The molecule has 3 rings (SSSR count). The number of benzene rings is 2. The summed E-state index contributed by atoms with van der Waals surface area (Å²) >= 11 is 5.88. The lowest BCUT2D eigenvalue weighted by atomic mass is 10.2. The van der Waals surface area contributed by atoms with E-state index < -0.39 is 9.84 Å². The first kappa shape index (κ1) is 15.7. The Kier molecular flexibility index (Phi) is 4.19. The lowest BCUT2D eigenvalue weighted by molar-refractivity contribution is 0.592. The minimum absolute atomic E-state index is 0.200. The molecule has 0 aliphatic rings. The molecule has 0 bridgehead atoms. The van der Waals surface area contributed by atoms with Gasteiger partial charge in [0, 0.05) is 17.6 Å². The number of nitrogens with zero attached hydrogens (tertiary/aromatic N) is 3. The monoisotopic (exact) mass is 347 g/mol. The first-order chi connectivity index (χ1) is 11.0. The molecule has 0 N–H and O–H groups in total. The molecule has 118 valence electrons. The summed E-state index contributed by atoms with van der Waals surface area (Å²) in [5, 5.41) is 8.75. The fourth-order valence-corrected chi connectivity index (χ4v) is 3.67. The van der Waals surface area contributed by atoms with E-state index in [1.807, 2.05) is 12.1 Å². The van der Waals surface area contributed by atoms with Gasteiger partial charge in [0.1, 0.15) is 11.6 Å². The maximum Gasteiger partial charge on any atom is 0.185 e. The second kappa shape index (κ2) is 6.14. The van der Waals surface area contributed by atoms with Crippen LogP contribution in [0.1, 0.15) is 5.82 Å². The Hall–Kier alpha value is -2.18. The second-order valence-electron chi connectivity index (χ2n) is 5.08. The van der Waals surface area contributed by atoms with E-state index in [1.165, 1.54) is 0 Å². The van der Waals surface area contributed by atoms with Crippen LogP contribution in [0.15, 0.2) is 59.5 Å². The highest BCUT2D eigenvalue weighted by Gasteiger charge is 2.20. The van der Waals surface area contributed by atoms with Gasteiger partial charge in [-0.05, 0) is 36.4 Å². The molecule has 0 saturated heterocycles. The predicted molar refractivity (Wildman–Crippen MR) is 88.8 cm³/mol. The van der Waals surface area contributed by atoms with Gasteiger partial charge in [0.2, 0.25) is 0 Å². The van der Waals surface area contributed by atoms with Crippen LogP contribution in [0.2, 0.25) is 5.02 Å². The van der Waals surface area contributed by atoms with E-state index in [2.05, 4.69) is 10.2 Å². The van der Waals surface area contributed by atoms with E-state index in [-0.39, 0.29) is 10.6 Å². The van der Waals surface area contributed by atoms with Crippen molar-refractivity contribution in [1.29, 1.82) is 0 Å². The molecule has 0 fully saturated rings. The standard InChI is InChI=1S/C16H14ClN3O2S/c1-20-15(11-23(21,22)14-5-3-2-4-6-14)18-19-16(20)12-7-9-13(17)10-8-12/h2-10H,11H2,1H3. The normalized spacial score (nSPS) is 11.6. The minimum atomic E-state index is -3.46. The molecule has 0 saturated carbocycles. The van der Waals surface area contributed by atoms with Gasteiger partial charge in [-0.3, -0.25) is 0 Å². The fraction of sp³-hybridized carbons (Fsp3) is 0.125. The van der Waals surface area contributed by atoms with Crippen LogP contribution in [-0.4, -0.2) is 23.2 Å². The molecular formula is C16H14ClN3O2S. The molecule has 0 atom stereocenters. The van der Waals surface area contributed by atoms with Gasteiger partial charge in [-0.25, -0.2) is 8.42 Å². The van der Waals surface area contributed by atoms with E-state index >= 15 is 0 Å². The summed E-state index contributed by atoms with van der Waals surface area (Å²) in [6.45, 7) is 0. The van der Waals surface area contributed by atoms with Crippen LogP contribution in [0.5, 0.6) is 0 Å². The third-order valence-corrected chi connectivity index (χ3v) is 5.37. The first-order valence-corrected chi connectivity index (χ1v) is 8.92. The maximum absolute atomic E-state index is 12.4. The smallest absolute Gasteiger partial charge is 0.185 e. The fourth-order valence-electron chi connectivity index (χ4n) is 2.22. The van der Waals surface area contributed by atoms with Crippen molar-refractivity contribution in [2.75, 3.05) is 0 Å². The van der Waals surface area contributed by atoms with Crippen LogP contribution in [0.3, 0.4) is 0 Å². The Morgan fingerprint density at radius 1 is 1.00 bits per heavy atom. The molecule has 1 heterocycles. The molecule has 3 aromatic rings. The number of hydrogen-bond donors (Lipinski definition) is 0. The topological polar surface area (TPSA) is 64.8 Å². The summed E-state index contributed by atoms with van der Waals surface area (Å²) in [6.07, 6.45) is 0. The highest BCUT2D eigenvalue weighted by atomic mass is 35.5. The lowest BCUT2D eigenvalue weighted by Gasteiger charge is -2.06. The number of sulfone groups is 1. The van der Waals surface area contributed by atoms with Gasteiger partial charge < -0.3 is 4.57 Å². The zero-order valence-electron chi connectivity index (χ0n) is 12.3. The molecule has 23 heavy (non-hydrogen) atoms. The molecule has 1 aromatic heterocycles. The van der Waals surface area contributed by atoms with E-state index in [4.69, 9.17) is 11.6 Å². The van der Waals surface area contributed by atoms with Crippen molar-refractivity contribution in [3.05, 3.63) is 65.4 Å². The Morgan fingerprint density at radius 2 is 1.65 bits per heavy atom. The number of hydrogen-bond acceptors (Lipinski definition) is 4. The van der Waals surface area contributed by atoms with Crippen molar-refractivity contribution in [2.24, 2.45) is 7.05 Å². The van der Waals surface area contributed by atoms with Gasteiger partial charge in [-0.15, -0.1) is 10.2 Å². The van der Waals surface area contributed by atoms with E-state index in [9.17, 15) is 8.42 Å². The van der Waals surface area contributed by atoms with Crippen molar-refractivity contribution in [3.8, 4) is 11.4 Å². The van der Waals surface area contributed by atoms with Gasteiger partial charge in [0.25, 0.3) is 0 Å². The highest BCUT2D eigenvalue weighted by molar-refractivity contribution is 7.90. The van der Waals surface area contributed by atoms with Crippen LogP contribution in [-0.2, 0) is 22.6 Å². The van der Waals surface area contributed by atoms with Gasteiger partial charge >= 0.3 is 0 Å². The third kappa shape index (κ3) is 3.28. The zero-order chi connectivity index (χ0) is 16.4. The maximum atomic E-state index is 12.4. The van der Waals surface area contributed by atoms with Gasteiger partial charge in [0.05, 0.1) is 4.90 Å². The van der Waals surface area contributed by atoms with E-state index in [0.717, 1.165) is 5.56 Å². The van der Waals surface area contributed by atoms with Gasteiger partial charge in [-0.1, -0.05) is 29.8 Å². The average Bonchev–Trinajstić information content (AvgIpc) is 2.90. The summed E-state index contributed by atoms with van der Waals surface area (Å²) < 4.78 is 26.6. The minimum Gasteiger partial charge on any atom is -0.313 e. The van der Waals surface area contributed by atoms with Crippen molar-refractivity contribution in [1.82, 2.24) is 14.8 Å². The summed E-state index contributed by atoms with van der Waals surface area (Å²) in [5.41, 5.74) is 0.827. The Morgan fingerprint density at radius 3 is 2.30 bits per heavy atom. The Bertz CT molecular complexity index is 920. The molecule has 0 unspecified atom stereocenters. The van der Waals surface area contributed by atoms with Crippen LogP contribution in [0.25, 0.3) is 11.4 Å². The zero-order valence-corrected chi connectivity index (χ0v) is 13.9. The highest BCUT2D eigenvalue weighted by Crippen LogP contribution is 2.21. The third-order valence-electron chi connectivity index (χ3n) is 3.49. The molecule has 0 aliphatic heterocycles. The average molecular weight is 348 g/mol. The number of halogens is 1. The SMILES string of the molecule is Cn1c(CS(=O)(=O)c2ccccc2)nnc1-c1ccc(Cl)cc1. The quantitative estimate of drug-likeness (QED) is 0.727. The molecule has 0 aliphatic carbocycles. The van der Waals surface area contributed by atoms with Crippen molar-refractivity contribution in [2.45, 2.75) is 10.6 Å². The summed E-state index contributed by atoms with van der Waals surface area (Å²) in [6, 6.07) is 15.5. The van der Waals surface area contributed by atoms with E-state index in [1.54, 1.807) is 54.1 Å². The molecule has 5 nitrogen and oxygen atoms in total. The second-order valence-corrected chi connectivity index (χ2v) is 7.50. The van der Waals surface area contributed by atoms with Crippen molar-refractivity contribution >= 4 is 21.4 Å². The van der Waals surface area contributed by atoms with Crippen molar-refractivity contribution < 1.29 is 8.42 Å². The van der Waals surface area contributed by atoms with Gasteiger partial charge in [0.15, 0.2) is 15.7 Å². The molecule has 2 aromatic carbocycles. The molecule has 0 spiro atoms. The van der Waals surface area contributed by atoms with Crippen LogP contribution in [0, 0.1) is 0 Å². The lowest BCUT2D eigenvalue weighted by Crippen LogP contribution is -2.09. The molecule has 7 heteroatoms. The van der Waals surface area contributed by atoms with Crippen LogP contribution < -0.4 is 0 Å². The Balaban J connectivity index is 1.92. The summed E-state index contributed by atoms with van der Waals surface area (Å²) in [7, 11) is -1.71. The Labute approximate surface area is 139 Å². The number of aromatic nitrogens is 3. The van der Waals surface area contributed by atoms with Crippen LogP contribution >= 0.6 is 11.6 Å². The predicted octanol–water partition coefficient (Wildman–Crippen LogP) is 3.11. The van der Waals surface area contributed by atoms with E-state index in [0.29, 0.717) is 16.7 Å². The largest absolute Gasteiger partial charge is 0.313 e. The first-order valence-electron chi connectivity index (χ1n) is 6.89. The molecule has 0 amide bonds. The van der Waals surface area contributed by atoms with Crippen LogP contribution in [0.4, 0.5) is 0 Å². The van der Waals surface area contributed by atoms with Gasteiger partial charge in [-0.2, -0.15) is 0 Å². The molecular weight excluding hydrogens is 334 g/mol. The number of rotatable bonds is 4. The summed E-state index contributed by atoms with van der Waals surface area (Å²) in [4.78, 5) is 0.274. The molecule has 0 radical (unpaired) electrons. The summed E-state index contributed by atoms with van der Waals surface area (Å²) in [5.74, 6) is 0.785.